The summed E-state index contributed by atoms with van der Waals surface area (Å²) in [5, 5.41) is 0. The summed E-state index contributed by atoms with van der Waals surface area (Å²) < 4.78 is 0. The van der Waals surface area contributed by atoms with Crippen LogP contribution in [0.2, 0.25) is 0 Å². The number of hydrogen-bond donors (Lipinski definition) is 1. The molecule has 2 aromatic rings. The van der Waals surface area contributed by atoms with Crippen molar-refractivity contribution in [2.24, 2.45) is 5.73 Å². The maximum atomic E-state index is 5.59. The molecule has 0 unspecified atom stereocenters. The van der Waals surface area contributed by atoms with Crippen LogP contribution in [0, 0.1) is 6.92 Å². The van der Waals surface area contributed by atoms with Crippen LogP contribution >= 0.6 is 0 Å². The van der Waals surface area contributed by atoms with E-state index in [1.54, 1.807) is 0 Å². The summed E-state index contributed by atoms with van der Waals surface area (Å²) in [5.41, 5.74) is 9.98. The zero-order chi connectivity index (χ0) is 13.8. The van der Waals surface area contributed by atoms with Crippen LogP contribution in [-0.4, -0.2) is 16.5 Å². The van der Waals surface area contributed by atoms with Gasteiger partial charge in [0.1, 0.15) is 0 Å². The number of hydrogen-bond acceptors (Lipinski definition) is 3. The van der Waals surface area contributed by atoms with Crippen molar-refractivity contribution in [2.75, 3.05) is 6.54 Å². The van der Waals surface area contributed by atoms with Gasteiger partial charge in [-0.2, -0.15) is 0 Å². The Bertz CT molecular complexity index is 544. The van der Waals surface area contributed by atoms with Crippen LogP contribution in [0.5, 0.6) is 0 Å². The minimum atomic E-state index is 0.542. The molecule has 0 atom stereocenters. The summed E-state index contributed by atoms with van der Waals surface area (Å²) in [5.74, 6) is 1.33. The number of nitrogens with two attached hydrogens (primary N) is 1. The van der Waals surface area contributed by atoms with E-state index >= 15 is 0 Å². The second kappa shape index (κ2) is 5.93. The molecule has 1 aromatic heterocycles. The Morgan fingerprint density at radius 2 is 1.79 bits per heavy atom. The normalized spacial score (nSPS) is 11.0. The fraction of sp³-hybridized carbons (Fsp3) is 0.375. The van der Waals surface area contributed by atoms with Crippen molar-refractivity contribution in [2.45, 2.75) is 33.1 Å². The van der Waals surface area contributed by atoms with Crippen molar-refractivity contribution in [3.63, 3.8) is 0 Å². The fourth-order valence-electron chi connectivity index (χ4n) is 2.06. The van der Waals surface area contributed by atoms with E-state index in [-0.39, 0.29) is 0 Å². The summed E-state index contributed by atoms with van der Waals surface area (Å²) in [6.45, 7) is 6.99. The molecule has 0 aliphatic carbocycles. The molecule has 0 saturated carbocycles. The molecule has 0 fully saturated rings. The summed E-state index contributed by atoms with van der Waals surface area (Å²) in [6, 6.07) is 10.5. The van der Waals surface area contributed by atoms with E-state index in [0.29, 0.717) is 12.5 Å². The molecular weight excluding hydrogens is 234 g/mol. The Labute approximate surface area is 114 Å². The monoisotopic (exact) mass is 255 g/mol. The van der Waals surface area contributed by atoms with Gasteiger partial charge in [-0.15, -0.1) is 0 Å². The van der Waals surface area contributed by atoms with Crippen molar-refractivity contribution >= 4 is 0 Å². The molecule has 2 N–H and O–H groups in total. The molecule has 0 amide bonds. The van der Waals surface area contributed by atoms with Crippen LogP contribution in [0.25, 0.3) is 11.4 Å². The summed E-state index contributed by atoms with van der Waals surface area (Å²) in [6.07, 6.45) is 0.792. The molecule has 3 nitrogen and oxygen atoms in total. The predicted molar refractivity (Wildman–Crippen MR) is 79.1 cm³/mol. The Hall–Kier alpha value is -1.74. The maximum absolute atomic E-state index is 5.59. The topological polar surface area (TPSA) is 51.8 Å². The van der Waals surface area contributed by atoms with Gasteiger partial charge >= 0.3 is 0 Å². The van der Waals surface area contributed by atoms with E-state index in [2.05, 4.69) is 48.1 Å². The van der Waals surface area contributed by atoms with Crippen LogP contribution in [0.1, 0.15) is 36.7 Å². The van der Waals surface area contributed by atoms with Crippen LogP contribution < -0.4 is 5.73 Å². The zero-order valence-electron chi connectivity index (χ0n) is 11.9. The lowest BCUT2D eigenvalue weighted by atomic mass is 10.0. The van der Waals surface area contributed by atoms with E-state index in [1.807, 2.05) is 13.0 Å². The fourth-order valence-corrected chi connectivity index (χ4v) is 2.06. The van der Waals surface area contributed by atoms with Gasteiger partial charge in [0, 0.05) is 23.4 Å². The molecule has 0 aliphatic rings. The quantitative estimate of drug-likeness (QED) is 0.913. The zero-order valence-corrected chi connectivity index (χ0v) is 11.9. The van der Waals surface area contributed by atoms with E-state index in [1.165, 1.54) is 5.56 Å². The highest BCUT2D eigenvalue weighted by atomic mass is 14.9. The first-order chi connectivity index (χ1) is 9.10. The lowest BCUT2D eigenvalue weighted by Crippen LogP contribution is -2.06. The number of rotatable bonds is 4. The van der Waals surface area contributed by atoms with Crippen LogP contribution in [0.4, 0.5) is 0 Å². The standard InChI is InChI=1S/C16H21N3/c1-11(2)13-4-6-14(7-5-13)16-18-12(3)10-15(19-16)8-9-17/h4-7,10-11H,8-9,17H2,1-3H3. The average molecular weight is 255 g/mol. The first-order valence-corrected chi connectivity index (χ1v) is 6.75. The molecule has 0 aliphatic heterocycles. The van der Waals surface area contributed by atoms with Gasteiger partial charge in [0.2, 0.25) is 0 Å². The Kier molecular flexibility index (Phi) is 4.27. The van der Waals surface area contributed by atoms with E-state index in [0.717, 1.165) is 29.2 Å². The highest BCUT2D eigenvalue weighted by Crippen LogP contribution is 2.20. The molecular formula is C16H21N3. The van der Waals surface area contributed by atoms with E-state index < -0.39 is 0 Å². The van der Waals surface area contributed by atoms with Gasteiger partial charge in [-0.05, 0) is 31.0 Å². The number of nitrogens with zero attached hydrogens (tertiary/aromatic N) is 2. The maximum Gasteiger partial charge on any atom is 0.159 e. The van der Waals surface area contributed by atoms with Gasteiger partial charge in [0.25, 0.3) is 0 Å². The number of benzene rings is 1. The van der Waals surface area contributed by atoms with E-state index in [9.17, 15) is 0 Å². The lowest BCUT2D eigenvalue weighted by molar-refractivity contribution is 0.866. The minimum Gasteiger partial charge on any atom is -0.330 e. The van der Waals surface area contributed by atoms with Gasteiger partial charge in [0.15, 0.2) is 5.82 Å². The van der Waals surface area contributed by atoms with E-state index in [4.69, 9.17) is 5.73 Å². The highest BCUT2D eigenvalue weighted by Gasteiger charge is 2.06. The molecule has 1 aromatic carbocycles. The van der Waals surface area contributed by atoms with Crippen molar-refractivity contribution in [3.05, 3.63) is 47.3 Å². The van der Waals surface area contributed by atoms with Gasteiger partial charge in [-0.1, -0.05) is 38.1 Å². The summed E-state index contributed by atoms with van der Waals surface area (Å²) >= 11 is 0. The van der Waals surface area contributed by atoms with Crippen molar-refractivity contribution in [1.29, 1.82) is 0 Å². The highest BCUT2D eigenvalue weighted by molar-refractivity contribution is 5.55. The first kappa shape index (κ1) is 13.7. The molecule has 2 rings (SSSR count). The minimum absolute atomic E-state index is 0.542. The molecule has 0 spiro atoms. The van der Waals surface area contributed by atoms with Gasteiger partial charge in [-0.3, -0.25) is 0 Å². The van der Waals surface area contributed by atoms with Gasteiger partial charge in [-0.25, -0.2) is 9.97 Å². The molecule has 3 heteroatoms. The smallest absolute Gasteiger partial charge is 0.159 e. The molecule has 0 bridgehead atoms. The summed E-state index contributed by atoms with van der Waals surface area (Å²) in [7, 11) is 0. The Balaban J connectivity index is 2.35. The largest absolute Gasteiger partial charge is 0.330 e. The van der Waals surface area contributed by atoms with Gasteiger partial charge < -0.3 is 5.73 Å². The van der Waals surface area contributed by atoms with Crippen molar-refractivity contribution in [3.8, 4) is 11.4 Å². The third kappa shape index (κ3) is 3.38. The van der Waals surface area contributed by atoms with Gasteiger partial charge in [0.05, 0.1) is 0 Å². The SMILES string of the molecule is Cc1cc(CCN)nc(-c2ccc(C(C)C)cc2)n1. The third-order valence-corrected chi connectivity index (χ3v) is 3.14. The average Bonchev–Trinajstić information content (AvgIpc) is 2.38. The predicted octanol–water partition coefficient (Wildman–Crippen LogP) is 3.08. The molecule has 19 heavy (non-hydrogen) atoms. The van der Waals surface area contributed by atoms with Crippen molar-refractivity contribution in [1.82, 2.24) is 9.97 Å². The second-order valence-corrected chi connectivity index (χ2v) is 5.14. The third-order valence-electron chi connectivity index (χ3n) is 3.14. The molecule has 100 valence electrons. The van der Waals surface area contributed by atoms with Crippen LogP contribution in [0.3, 0.4) is 0 Å². The molecule has 0 saturated heterocycles. The second-order valence-electron chi connectivity index (χ2n) is 5.14. The number of aromatic nitrogens is 2. The number of aryl methyl sites for hydroxylation is 1. The Morgan fingerprint density at radius 1 is 1.11 bits per heavy atom. The summed E-state index contributed by atoms with van der Waals surface area (Å²) in [4.78, 5) is 9.09. The van der Waals surface area contributed by atoms with Crippen molar-refractivity contribution < 1.29 is 0 Å². The Morgan fingerprint density at radius 3 is 2.37 bits per heavy atom. The first-order valence-electron chi connectivity index (χ1n) is 6.75. The lowest BCUT2D eigenvalue weighted by Gasteiger charge is -2.08. The van der Waals surface area contributed by atoms with Crippen LogP contribution in [-0.2, 0) is 6.42 Å². The van der Waals surface area contributed by atoms with Crippen LogP contribution in [0.15, 0.2) is 30.3 Å². The molecule has 1 heterocycles. The molecule has 0 radical (unpaired) electrons.